The Hall–Kier alpha value is -0.450. The summed E-state index contributed by atoms with van der Waals surface area (Å²) in [5.41, 5.74) is 1.49. The molecule has 1 saturated heterocycles. The highest BCUT2D eigenvalue weighted by molar-refractivity contribution is 9.10. The van der Waals surface area contributed by atoms with Gasteiger partial charge in [0.25, 0.3) is 0 Å². The highest BCUT2D eigenvalue weighted by atomic mass is 79.9. The number of hydrogen-bond donors (Lipinski definition) is 1. The molecule has 0 bridgehead atoms. The molecule has 0 aromatic heterocycles. The summed E-state index contributed by atoms with van der Waals surface area (Å²) in [4.78, 5) is 2.67. The van der Waals surface area contributed by atoms with Crippen LogP contribution in [0, 0.1) is 5.82 Å². The van der Waals surface area contributed by atoms with Crippen molar-refractivity contribution >= 4 is 15.9 Å². The van der Waals surface area contributed by atoms with Gasteiger partial charge in [0.05, 0.1) is 0 Å². The van der Waals surface area contributed by atoms with Crippen molar-refractivity contribution in [2.75, 3.05) is 19.6 Å². The van der Waals surface area contributed by atoms with Crippen molar-refractivity contribution in [1.82, 2.24) is 10.2 Å². The van der Waals surface area contributed by atoms with Crippen molar-refractivity contribution in [2.45, 2.75) is 50.6 Å². The van der Waals surface area contributed by atoms with Gasteiger partial charge in [-0.2, -0.15) is 0 Å². The Morgan fingerprint density at radius 3 is 2.76 bits per heavy atom. The minimum Gasteiger partial charge on any atom is -0.314 e. The van der Waals surface area contributed by atoms with E-state index in [1.54, 1.807) is 12.1 Å². The van der Waals surface area contributed by atoms with Crippen molar-refractivity contribution < 1.29 is 4.39 Å². The Labute approximate surface area is 135 Å². The first-order chi connectivity index (χ1) is 10.1. The summed E-state index contributed by atoms with van der Waals surface area (Å²) in [6.07, 6.45) is 6.58. The number of halogens is 2. The Morgan fingerprint density at radius 2 is 2.05 bits per heavy atom. The quantitative estimate of drug-likeness (QED) is 0.853. The van der Waals surface area contributed by atoms with Gasteiger partial charge in [-0.25, -0.2) is 4.39 Å². The number of piperazine rings is 1. The minimum atomic E-state index is -0.175. The first-order valence-corrected chi connectivity index (χ1v) is 8.84. The molecule has 2 aliphatic rings. The van der Waals surface area contributed by atoms with Crippen molar-refractivity contribution in [3.63, 3.8) is 0 Å². The van der Waals surface area contributed by atoms with Gasteiger partial charge in [0.1, 0.15) is 5.82 Å². The molecule has 21 heavy (non-hydrogen) atoms. The summed E-state index contributed by atoms with van der Waals surface area (Å²) in [6, 6.07) is 5.41. The molecule has 1 spiro atoms. The molecular formula is C17H24BrFN2. The van der Waals surface area contributed by atoms with Crippen LogP contribution in [0.15, 0.2) is 22.7 Å². The maximum absolute atomic E-state index is 13.3. The van der Waals surface area contributed by atoms with E-state index in [2.05, 4.69) is 33.1 Å². The number of nitrogens with one attached hydrogen (secondary N) is 1. The molecule has 116 valence electrons. The van der Waals surface area contributed by atoms with Gasteiger partial charge in [-0.1, -0.05) is 41.3 Å². The van der Waals surface area contributed by atoms with E-state index in [0.717, 1.165) is 24.1 Å². The van der Waals surface area contributed by atoms with E-state index < -0.39 is 0 Å². The van der Waals surface area contributed by atoms with Crippen LogP contribution in [0.5, 0.6) is 0 Å². The molecule has 2 nitrogen and oxygen atoms in total. The standard InChI is InChI=1S/C17H24BrFN2/c1-13(15-6-5-14(19)11-16(15)18)21-10-9-20-12-17(21)7-3-2-4-8-17/h5-6,11,13,20H,2-4,7-10,12H2,1H3. The third-order valence-corrected chi connectivity index (χ3v) is 5.94. The first kappa shape index (κ1) is 15.4. The lowest BCUT2D eigenvalue weighted by Gasteiger charge is -2.52. The average molecular weight is 355 g/mol. The number of hydrogen-bond acceptors (Lipinski definition) is 2. The SMILES string of the molecule is CC(c1ccc(F)cc1Br)N1CCNCC12CCCCC2. The summed E-state index contributed by atoms with van der Waals surface area (Å²) in [5, 5.41) is 3.59. The third-order valence-electron chi connectivity index (χ3n) is 5.26. The van der Waals surface area contributed by atoms with Crippen LogP contribution in [0.25, 0.3) is 0 Å². The fourth-order valence-electron chi connectivity index (χ4n) is 4.15. The van der Waals surface area contributed by atoms with Gasteiger partial charge in [0.15, 0.2) is 0 Å². The van der Waals surface area contributed by atoms with Crippen LogP contribution >= 0.6 is 15.9 Å². The van der Waals surface area contributed by atoms with Gasteiger partial charge in [-0.15, -0.1) is 0 Å². The van der Waals surface area contributed by atoms with Crippen LogP contribution in [-0.4, -0.2) is 30.1 Å². The molecule has 2 fully saturated rings. The molecule has 1 aromatic rings. The fraction of sp³-hybridized carbons (Fsp3) is 0.647. The summed E-state index contributed by atoms with van der Waals surface area (Å²) < 4.78 is 14.2. The van der Waals surface area contributed by atoms with Gasteiger partial charge in [-0.05, 0) is 37.5 Å². The predicted molar refractivity (Wildman–Crippen MR) is 87.9 cm³/mol. The Morgan fingerprint density at radius 1 is 1.29 bits per heavy atom. The van der Waals surface area contributed by atoms with E-state index in [9.17, 15) is 4.39 Å². The third kappa shape index (κ3) is 3.03. The van der Waals surface area contributed by atoms with E-state index in [1.807, 2.05) is 6.07 Å². The molecule has 1 aliphatic carbocycles. The zero-order chi connectivity index (χ0) is 14.9. The minimum absolute atomic E-state index is 0.175. The topological polar surface area (TPSA) is 15.3 Å². The zero-order valence-corrected chi connectivity index (χ0v) is 14.3. The lowest BCUT2D eigenvalue weighted by molar-refractivity contribution is -0.00300. The number of rotatable bonds is 2. The summed E-state index contributed by atoms with van der Waals surface area (Å²) in [7, 11) is 0. The van der Waals surface area contributed by atoms with E-state index in [1.165, 1.54) is 37.7 Å². The molecule has 1 aromatic carbocycles. The zero-order valence-electron chi connectivity index (χ0n) is 12.7. The van der Waals surface area contributed by atoms with E-state index in [-0.39, 0.29) is 5.82 Å². The van der Waals surface area contributed by atoms with Crippen molar-refractivity contribution in [3.8, 4) is 0 Å². The molecule has 0 amide bonds. The molecule has 1 atom stereocenters. The van der Waals surface area contributed by atoms with Gasteiger partial charge in [0, 0.05) is 35.7 Å². The molecule has 3 rings (SSSR count). The van der Waals surface area contributed by atoms with Crippen molar-refractivity contribution in [2.24, 2.45) is 0 Å². The summed E-state index contributed by atoms with van der Waals surface area (Å²) >= 11 is 3.54. The molecule has 1 heterocycles. The Kier molecular flexibility index (Phi) is 4.67. The summed E-state index contributed by atoms with van der Waals surface area (Å²) in [6.45, 7) is 5.48. The lowest BCUT2D eigenvalue weighted by atomic mass is 9.78. The van der Waals surface area contributed by atoms with Crippen LogP contribution in [0.3, 0.4) is 0 Å². The monoisotopic (exact) mass is 354 g/mol. The number of nitrogens with zero attached hydrogens (tertiary/aromatic N) is 1. The average Bonchev–Trinajstić information content (AvgIpc) is 2.48. The van der Waals surface area contributed by atoms with Crippen molar-refractivity contribution in [1.29, 1.82) is 0 Å². The van der Waals surface area contributed by atoms with Gasteiger partial charge < -0.3 is 5.32 Å². The van der Waals surface area contributed by atoms with E-state index >= 15 is 0 Å². The highest BCUT2D eigenvalue weighted by Crippen LogP contribution is 2.40. The van der Waals surface area contributed by atoms with Crippen molar-refractivity contribution in [3.05, 3.63) is 34.1 Å². The first-order valence-electron chi connectivity index (χ1n) is 8.05. The highest BCUT2D eigenvalue weighted by Gasteiger charge is 2.42. The van der Waals surface area contributed by atoms with Crippen LogP contribution in [0.4, 0.5) is 4.39 Å². The predicted octanol–water partition coefficient (Wildman–Crippen LogP) is 4.26. The maximum Gasteiger partial charge on any atom is 0.124 e. The molecule has 1 saturated carbocycles. The number of benzene rings is 1. The second-order valence-electron chi connectivity index (χ2n) is 6.50. The van der Waals surface area contributed by atoms with Crippen LogP contribution in [0.2, 0.25) is 0 Å². The summed E-state index contributed by atoms with van der Waals surface area (Å²) in [5.74, 6) is -0.175. The van der Waals surface area contributed by atoms with Crippen LogP contribution in [0.1, 0.15) is 50.6 Å². The molecule has 1 unspecified atom stereocenters. The fourth-order valence-corrected chi connectivity index (χ4v) is 4.83. The molecule has 4 heteroatoms. The maximum atomic E-state index is 13.3. The smallest absolute Gasteiger partial charge is 0.124 e. The van der Waals surface area contributed by atoms with E-state index in [4.69, 9.17) is 0 Å². The lowest BCUT2D eigenvalue weighted by Crippen LogP contribution is -2.62. The van der Waals surface area contributed by atoms with E-state index in [0.29, 0.717) is 11.6 Å². The molecule has 1 N–H and O–H groups in total. The Bertz CT molecular complexity index is 491. The second kappa shape index (κ2) is 6.35. The Balaban J connectivity index is 1.88. The van der Waals surface area contributed by atoms with Crippen LogP contribution < -0.4 is 5.32 Å². The van der Waals surface area contributed by atoms with Gasteiger partial charge in [0.2, 0.25) is 0 Å². The van der Waals surface area contributed by atoms with Gasteiger partial charge in [-0.3, -0.25) is 4.90 Å². The molecule has 1 aliphatic heterocycles. The normalized spacial score (nSPS) is 24.1. The largest absolute Gasteiger partial charge is 0.314 e. The molecular weight excluding hydrogens is 331 g/mol. The molecule has 0 radical (unpaired) electrons. The van der Waals surface area contributed by atoms with Crippen LogP contribution in [-0.2, 0) is 0 Å². The van der Waals surface area contributed by atoms with Gasteiger partial charge >= 0.3 is 0 Å². The second-order valence-corrected chi connectivity index (χ2v) is 7.35.